The van der Waals surface area contributed by atoms with E-state index in [0.29, 0.717) is 32.7 Å². The molecule has 1 saturated heterocycles. The third kappa shape index (κ3) is 4.49. The zero-order valence-electron chi connectivity index (χ0n) is 16.6. The molecule has 1 aliphatic heterocycles. The van der Waals surface area contributed by atoms with Gasteiger partial charge in [0.25, 0.3) is 0 Å². The van der Waals surface area contributed by atoms with Crippen LogP contribution in [0.25, 0.3) is 0 Å². The van der Waals surface area contributed by atoms with E-state index in [4.69, 9.17) is 0 Å². The number of carboxylic acid groups (broad SMARTS) is 1. The van der Waals surface area contributed by atoms with E-state index in [2.05, 4.69) is 15.1 Å². The molecule has 1 unspecified atom stereocenters. The normalized spacial score (nSPS) is 16.2. The van der Waals surface area contributed by atoms with Crippen molar-refractivity contribution >= 4 is 6.09 Å². The fourth-order valence-electron chi connectivity index (χ4n) is 3.93. The summed E-state index contributed by atoms with van der Waals surface area (Å²) in [6.45, 7) is 2.81. The highest BCUT2D eigenvalue weighted by atomic mass is 19.1. The summed E-state index contributed by atoms with van der Waals surface area (Å²) in [5, 5.41) is 17.9. The Balaban J connectivity index is 1.67. The van der Waals surface area contributed by atoms with Crippen molar-refractivity contribution < 1.29 is 14.3 Å². The Hall–Kier alpha value is -3.26. The summed E-state index contributed by atoms with van der Waals surface area (Å²) >= 11 is 0. The Morgan fingerprint density at radius 2 is 1.80 bits per heavy atom. The second-order valence-corrected chi connectivity index (χ2v) is 7.42. The number of hydrogen-bond donors (Lipinski definition) is 1. The minimum Gasteiger partial charge on any atom is -0.465 e. The molecule has 2 aromatic carbocycles. The van der Waals surface area contributed by atoms with E-state index in [0.717, 1.165) is 23.4 Å². The Morgan fingerprint density at radius 1 is 1.03 bits per heavy atom. The number of carbonyl (C=O) groups is 1. The van der Waals surface area contributed by atoms with Crippen LogP contribution in [0.15, 0.2) is 60.9 Å². The smallest absolute Gasteiger partial charge is 0.407 e. The van der Waals surface area contributed by atoms with Gasteiger partial charge in [-0.1, -0.05) is 42.5 Å². The first-order chi connectivity index (χ1) is 14.6. The molecule has 0 saturated carbocycles. The maximum absolute atomic E-state index is 13.6. The number of nitrogens with zero attached hydrogens (tertiary/aromatic N) is 5. The second kappa shape index (κ2) is 9.04. The average molecular weight is 409 g/mol. The molecular weight excluding hydrogens is 385 g/mol. The molecule has 0 radical (unpaired) electrons. The highest BCUT2D eigenvalue weighted by molar-refractivity contribution is 5.64. The number of halogens is 1. The van der Waals surface area contributed by atoms with Crippen molar-refractivity contribution in [2.75, 3.05) is 26.2 Å². The Bertz CT molecular complexity index is 977. The molecule has 4 rings (SSSR count). The standard InChI is InChI=1S/C22H24FN5O2/c23-19-9-7-18(8-10-19)20(26-11-4-12-27(14-13-26)22(29)30)21-25-24-16-28(21)15-17-5-2-1-3-6-17/h1-3,5-10,16,20H,4,11-15H2,(H,29,30). The molecular formula is C22H24FN5O2. The molecule has 3 aromatic rings. The second-order valence-electron chi connectivity index (χ2n) is 7.42. The molecule has 156 valence electrons. The van der Waals surface area contributed by atoms with Crippen LogP contribution in [0.5, 0.6) is 0 Å². The van der Waals surface area contributed by atoms with E-state index in [1.165, 1.54) is 17.0 Å². The first-order valence-corrected chi connectivity index (χ1v) is 10.0. The molecule has 8 heteroatoms. The van der Waals surface area contributed by atoms with E-state index in [1.807, 2.05) is 34.9 Å². The van der Waals surface area contributed by atoms with Crippen molar-refractivity contribution in [1.29, 1.82) is 0 Å². The Morgan fingerprint density at radius 3 is 2.53 bits per heavy atom. The summed E-state index contributed by atoms with van der Waals surface area (Å²) in [4.78, 5) is 15.1. The highest BCUT2D eigenvalue weighted by Gasteiger charge is 2.29. The van der Waals surface area contributed by atoms with Gasteiger partial charge in [-0.05, 0) is 29.7 Å². The summed E-state index contributed by atoms with van der Waals surface area (Å²) in [5.41, 5.74) is 2.03. The number of rotatable bonds is 5. The molecule has 2 heterocycles. The quantitative estimate of drug-likeness (QED) is 0.700. The van der Waals surface area contributed by atoms with Gasteiger partial charge in [0, 0.05) is 26.2 Å². The third-order valence-electron chi connectivity index (χ3n) is 5.44. The summed E-state index contributed by atoms with van der Waals surface area (Å²) in [6, 6.07) is 16.2. The van der Waals surface area contributed by atoms with Gasteiger partial charge in [-0.2, -0.15) is 0 Å². The first kappa shape index (κ1) is 20.0. The molecule has 1 atom stereocenters. The van der Waals surface area contributed by atoms with E-state index in [1.54, 1.807) is 18.5 Å². The first-order valence-electron chi connectivity index (χ1n) is 10.0. The average Bonchev–Trinajstić information content (AvgIpc) is 3.04. The molecule has 0 aliphatic carbocycles. The third-order valence-corrected chi connectivity index (χ3v) is 5.44. The zero-order chi connectivity index (χ0) is 20.9. The minimum atomic E-state index is -0.901. The fourth-order valence-corrected chi connectivity index (χ4v) is 3.93. The van der Waals surface area contributed by atoms with Gasteiger partial charge in [-0.3, -0.25) is 4.90 Å². The molecule has 0 bridgehead atoms. The predicted molar refractivity (Wildman–Crippen MR) is 110 cm³/mol. The molecule has 1 aromatic heterocycles. The monoisotopic (exact) mass is 409 g/mol. The van der Waals surface area contributed by atoms with Gasteiger partial charge in [-0.25, -0.2) is 9.18 Å². The van der Waals surface area contributed by atoms with Gasteiger partial charge in [0.2, 0.25) is 0 Å². The lowest BCUT2D eigenvalue weighted by atomic mass is 10.0. The summed E-state index contributed by atoms with van der Waals surface area (Å²) in [5.74, 6) is 0.463. The van der Waals surface area contributed by atoms with E-state index in [-0.39, 0.29) is 11.9 Å². The summed E-state index contributed by atoms with van der Waals surface area (Å²) in [6.07, 6.45) is 1.53. The fraction of sp³-hybridized carbons (Fsp3) is 0.318. The SMILES string of the molecule is O=C(O)N1CCCN(C(c2ccc(F)cc2)c2nncn2Cc2ccccc2)CC1. The molecule has 30 heavy (non-hydrogen) atoms. The number of hydrogen-bond acceptors (Lipinski definition) is 4. The lowest BCUT2D eigenvalue weighted by molar-refractivity contribution is 0.145. The van der Waals surface area contributed by atoms with Gasteiger partial charge >= 0.3 is 6.09 Å². The van der Waals surface area contributed by atoms with Crippen LogP contribution in [-0.4, -0.2) is 61.9 Å². The van der Waals surface area contributed by atoms with Crippen LogP contribution in [0, 0.1) is 5.82 Å². The van der Waals surface area contributed by atoms with Crippen molar-refractivity contribution in [3.8, 4) is 0 Å². The Labute approximate surface area is 174 Å². The number of amides is 1. The van der Waals surface area contributed by atoms with Crippen LogP contribution in [0.3, 0.4) is 0 Å². The predicted octanol–water partition coefficient (Wildman–Crippen LogP) is 3.24. The van der Waals surface area contributed by atoms with Crippen LogP contribution in [0.1, 0.15) is 29.4 Å². The maximum atomic E-state index is 13.6. The van der Waals surface area contributed by atoms with Crippen LogP contribution in [0.2, 0.25) is 0 Å². The number of aromatic nitrogens is 3. The molecule has 1 N–H and O–H groups in total. The minimum absolute atomic E-state index is 0.245. The molecule has 1 amide bonds. The maximum Gasteiger partial charge on any atom is 0.407 e. The van der Waals surface area contributed by atoms with Crippen LogP contribution in [-0.2, 0) is 6.54 Å². The van der Waals surface area contributed by atoms with Gasteiger partial charge in [-0.15, -0.1) is 10.2 Å². The van der Waals surface area contributed by atoms with Gasteiger partial charge in [0.15, 0.2) is 5.82 Å². The van der Waals surface area contributed by atoms with Gasteiger partial charge in [0.1, 0.15) is 12.1 Å². The van der Waals surface area contributed by atoms with Crippen LogP contribution >= 0.6 is 0 Å². The lowest BCUT2D eigenvalue weighted by Gasteiger charge is -2.30. The molecule has 1 aliphatic rings. The van der Waals surface area contributed by atoms with Gasteiger partial charge < -0.3 is 14.6 Å². The largest absolute Gasteiger partial charge is 0.465 e. The molecule has 1 fully saturated rings. The van der Waals surface area contributed by atoms with E-state index >= 15 is 0 Å². The Kier molecular flexibility index (Phi) is 6.04. The van der Waals surface area contributed by atoms with Crippen LogP contribution < -0.4 is 0 Å². The van der Waals surface area contributed by atoms with E-state index in [9.17, 15) is 14.3 Å². The van der Waals surface area contributed by atoms with E-state index < -0.39 is 6.09 Å². The highest BCUT2D eigenvalue weighted by Crippen LogP contribution is 2.29. The van der Waals surface area contributed by atoms with Crippen molar-refractivity contribution in [2.45, 2.75) is 19.0 Å². The van der Waals surface area contributed by atoms with Crippen molar-refractivity contribution in [3.63, 3.8) is 0 Å². The summed E-state index contributed by atoms with van der Waals surface area (Å²) < 4.78 is 15.6. The molecule has 7 nitrogen and oxygen atoms in total. The van der Waals surface area contributed by atoms with Crippen molar-refractivity contribution in [2.24, 2.45) is 0 Å². The van der Waals surface area contributed by atoms with Gasteiger partial charge in [0.05, 0.1) is 12.6 Å². The van der Waals surface area contributed by atoms with Crippen LogP contribution in [0.4, 0.5) is 9.18 Å². The van der Waals surface area contributed by atoms with Crippen molar-refractivity contribution in [1.82, 2.24) is 24.6 Å². The summed E-state index contributed by atoms with van der Waals surface area (Å²) in [7, 11) is 0. The lowest BCUT2D eigenvalue weighted by Crippen LogP contribution is -2.37. The topological polar surface area (TPSA) is 74.5 Å². The zero-order valence-corrected chi connectivity index (χ0v) is 16.6. The molecule has 0 spiro atoms. The number of benzene rings is 2. The van der Waals surface area contributed by atoms with Crippen molar-refractivity contribution in [3.05, 3.63) is 83.7 Å².